The van der Waals surface area contributed by atoms with E-state index in [9.17, 15) is 4.79 Å². The first kappa shape index (κ1) is 12.6. The fourth-order valence-corrected chi connectivity index (χ4v) is 1.49. The van der Waals surface area contributed by atoms with Crippen molar-refractivity contribution in [1.82, 2.24) is 15.2 Å². The molecule has 0 saturated carbocycles. The molecule has 0 aliphatic rings. The van der Waals surface area contributed by atoms with Gasteiger partial charge in [-0.05, 0) is 39.1 Å². The molecule has 1 aromatic heterocycles. The maximum atomic E-state index is 12.0. The molecule has 0 aliphatic carbocycles. The van der Waals surface area contributed by atoms with Crippen molar-refractivity contribution < 1.29 is 4.79 Å². The normalized spacial score (nSPS) is 10.2. The predicted octanol–water partition coefficient (Wildman–Crippen LogP) is 1.07. The van der Waals surface area contributed by atoms with E-state index in [1.54, 1.807) is 17.2 Å². The number of pyridine rings is 1. The number of hydrogen-bond donors (Lipinski definition) is 1. The summed E-state index contributed by atoms with van der Waals surface area (Å²) in [5.74, 6) is 0.0570. The largest absolute Gasteiger partial charge is 0.342 e. The van der Waals surface area contributed by atoms with E-state index in [2.05, 4.69) is 10.3 Å². The van der Waals surface area contributed by atoms with Gasteiger partial charge in [0.05, 0.1) is 0 Å². The van der Waals surface area contributed by atoms with Crippen molar-refractivity contribution in [1.29, 1.82) is 0 Å². The van der Waals surface area contributed by atoms with Crippen LogP contribution in [0.25, 0.3) is 0 Å². The van der Waals surface area contributed by atoms with Crippen LogP contribution in [0.2, 0.25) is 0 Å². The van der Waals surface area contributed by atoms with E-state index in [-0.39, 0.29) is 5.91 Å². The highest BCUT2D eigenvalue weighted by atomic mass is 16.2. The molecule has 1 heterocycles. The molecule has 1 amide bonds. The monoisotopic (exact) mass is 221 g/mol. The van der Waals surface area contributed by atoms with Gasteiger partial charge in [-0.2, -0.15) is 0 Å². The summed E-state index contributed by atoms with van der Waals surface area (Å²) in [5, 5.41) is 3.06. The van der Waals surface area contributed by atoms with Gasteiger partial charge in [0, 0.05) is 31.0 Å². The van der Waals surface area contributed by atoms with E-state index in [0.717, 1.165) is 25.2 Å². The van der Waals surface area contributed by atoms with Gasteiger partial charge in [-0.25, -0.2) is 0 Å². The number of carbonyl (C=O) groups is 1. The molecule has 0 unspecified atom stereocenters. The Morgan fingerprint density at radius 2 is 2.31 bits per heavy atom. The third kappa shape index (κ3) is 3.62. The minimum atomic E-state index is 0.0570. The fourth-order valence-electron chi connectivity index (χ4n) is 1.49. The number of rotatable bonds is 5. The van der Waals surface area contributed by atoms with Crippen molar-refractivity contribution >= 4 is 5.91 Å². The highest BCUT2D eigenvalue weighted by Crippen LogP contribution is 2.04. The highest BCUT2D eigenvalue weighted by molar-refractivity contribution is 5.94. The van der Waals surface area contributed by atoms with Gasteiger partial charge in [0.2, 0.25) is 0 Å². The van der Waals surface area contributed by atoms with Crippen LogP contribution in [0.5, 0.6) is 0 Å². The minimum absolute atomic E-state index is 0.0570. The number of nitrogens with zero attached hydrogens (tertiary/aromatic N) is 2. The molecule has 1 aromatic rings. The molecule has 0 spiro atoms. The van der Waals surface area contributed by atoms with Crippen LogP contribution in [0.1, 0.15) is 22.5 Å². The van der Waals surface area contributed by atoms with Crippen molar-refractivity contribution in [3.05, 3.63) is 29.6 Å². The van der Waals surface area contributed by atoms with Crippen molar-refractivity contribution in [2.45, 2.75) is 13.3 Å². The topological polar surface area (TPSA) is 45.2 Å². The van der Waals surface area contributed by atoms with E-state index in [1.165, 1.54) is 0 Å². The summed E-state index contributed by atoms with van der Waals surface area (Å²) < 4.78 is 0. The number of nitrogens with one attached hydrogen (secondary N) is 1. The molecular formula is C12H19N3O. The first-order valence-corrected chi connectivity index (χ1v) is 5.48. The van der Waals surface area contributed by atoms with E-state index in [0.29, 0.717) is 5.56 Å². The Morgan fingerprint density at radius 1 is 1.56 bits per heavy atom. The van der Waals surface area contributed by atoms with E-state index in [1.807, 2.05) is 27.1 Å². The van der Waals surface area contributed by atoms with Gasteiger partial charge < -0.3 is 10.2 Å². The Bertz CT molecular complexity index is 352. The second kappa shape index (κ2) is 6.23. The van der Waals surface area contributed by atoms with Gasteiger partial charge >= 0.3 is 0 Å². The SMILES string of the molecule is CNCCCN(C)C(=O)c1ccnc(C)c1. The number of hydrogen-bond acceptors (Lipinski definition) is 3. The zero-order chi connectivity index (χ0) is 12.0. The van der Waals surface area contributed by atoms with Crippen LogP contribution in [-0.4, -0.2) is 43.0 Å². The third-order valence-electron chi connectivity index (χ3n) is 2.41. The molecule has 1 N–H and O–H groups in total. The number of aromatic nitrogens is 1. The average molecular weight is 221 g/mol. The van der Waals surface area contributed by atoms with Crippen LogP contribution in [0.4, 0.5) is 0 Å². The molecule has 0 aromatic carbocycles. The predicted molar refractivity (Wildman–Crippen MR) is 64.5 cm³/mol. The van der Waals surface area contributed by atoms with Crippen molar-refractivity contribution in [3.8, 4) is 0 Å². The smallest absolute Gasteiger partial charge is 0.253 e. The second-order valence-corrected chi connectivity index (χ2v) is 3.87. The zero-order valence-electron chi connectivity index (χ0n) is 10.2. The molecule has 0 radical (unpaired) electrons. The molecule has 16 heavy (non-hydrogen) atoms. The summed E-state index contributed by atoms with van der Waals surface area (Å²) in [4.78, 5) is 17.8. The molecule has 4 heteroatoms. The minimum Gasteiger partial charge on any atom is -0.342 e. The number of amides is 1. The quantitative estimate of drug-likeness (QED) is 0.756. The molecule has 0 saturated heterocycles. The molecule has 0 aliphatic heterocycles. The van der Waals surface area contributed by atoms with Gasteiger partial charge in [0.15, 0.2) is 0 Å². The van der Waals surface area contributed by atoms with Gasteiger partial charge in [0.25, 0.3) is 5.91 Å². The van der Waals surface area contributed by atoms with Crippen molar-refractivity contribution in [2.75, 3.05) is 27.2 Å². The second-order valence-electron chi connectivity index (χ2n) is 3.87. The van der Waals surface area contributed by atoms with E-state index in [4.69, 9.17) is 0 Å². The Hall–Kier alpha value is -1.42. The lowest BCUT2D eigenvalue weighted by molar-refractivity contribution is 0.0793. The van der Waals surface area contributed by atoms with Crippen LogP contribution >= 0.6 is 0 Å². The standard InChI is InChI=1S/C12H19N3O/c1-10-9-11(5-7-14-10)12(16)15(3)8-4-6-13-2/h5,7,9,13H,4,6,8H2,1-3H3. The number of carbonyl (C=O) groups excluding carboxylic acids is 1. The van der Waals surface area contributed by atoms with Crippen molar-refractivity contribution in [2.24, 2.45) is 0 Å². The Kier molecular flexibility index (Phi) is 4.92. The van der Waals surface area contributed by atoms with Crippen LogP contribution in [0, 0.1) is 6.92 Å². The summed E-state index contributed by atoms with van der Waals surface area (Å²) in [7, 11) is 3.74. The molecule has 4 nitrogen and oxygen atoms in total. The summed E-state index contributed by atoms with van der Waals surface area (Å²) in [6.45, 7) is 3.58. The molecule has 88 valence electrons. The Balaban J connectivity index is 2.56. The van der Waals surface area contributed by atoms with Gasteiger partial charge in [-0.15, -0.1) is 0 Å². The zero-order valence-corrected chi connectivity index (χ0v) is 10.2. The molecule has 1 rings (SSSR count). The van der Waals surface area contributed by atoms with Gasteiger partial charge in [0.1, 0.15) is 0 Å². The lowest BCUT2D eigenvalue weighted by Gasteiger charge is -2.17. The van der Waals surface area contributed by atoms with E-state index >= 15 is 0 Å². The maximum absolute atomic E-state index is 12.0. The lowest BCUT2D eigenvalue weighted by Crippen LogP contribution is -2.29. The molecule has 0 bridgehead atoms. The van der Waals surface area contributed by atoms with Crippen LogP contribution < -0.4 is 5.32 Å². The van der Waals surface area contributed by atoms with Crippen LogP contribution in [-0.2, 0) is 0 Å². The van der Waals surface area contributed by atoms with Crippen LogP contribution in [0.15, 0.2) is 18.3 Å². The maximum Gasteiger partial charge on any atom is 0.253 e. The summed E-state index contributed by atoms with van der Waals surface area (Å²) >= 11 is 0. The Labute approximate surface area is 96.7 Å². The first-order valence-electron chi connectivity index (χ1n) is 5.48. The first-order chi connectivity index (χ1) is 7.65. The van der Waals surface area contributed by atoms with Gasteiger partial charge in [-0.3, -0.25) is 9.78 Å². The summed E-state index contributed by atoms with van der Waals surface area (Å²) in [6.07, 6.45) is 2.63. The average Bonchev–Trinajstić information content (AvgIpc) is 2.28. The lowest BCUT2D eigenvalue weighted by atomic mass is 10.2. The van der Waals surface area contributed by atoms with Crippen LogP contribution in [0.3, 0.4) is 0 Å². The third-order valence-corrected chi connectivity index (χ3v) is 2.41. The molecular weight excluding hydrogens is 202 g/mol. The molecule has 0 fully saturated rings. The fraction of sp³-hybridized carbons (Fsp3) is 0.500. The highest BCUT2D eigenvalue weighted by Gasteiger charge is 2.10. The van der Waals surface area contributed by atoms with E-state index < -0.39 is 0 Å². The van der Waals surface area contributed by atoms with Gasteiger partial charge in [-0.1, -0.05) is 0 Å². The molecule has 0 atom stereocenters. The number of aryl methyl sites for hydroxylation is 1. The van der Waals surface area contributed by atoms with Crippen molar-refractivity contribution in [3.63, 3.8) is 0 Å². The summed E-state index contributed by atoms with van der Waals surface area (Å²) in [5.41, 5.74) is 1.58. The summed E-state index contributed by atoms with van der Waals surface area (Å²) in [6, 6.07) is 3.57. The Morgan fingerprint density at radius 3 is 2.94 bits per heavy atom.